The van der Waals surface area contributed by atoms with Gasteiger partial charge in [-0.1, -0.05) is 6.92 Å². The van der Waals surface area contributed by atoms with Gasteiger partial charge in [-0.15, -0.1) is 0 Å². The number of carbonyl (C=O) groups excluding carboxylic acids is 1. The fourth-order valence-corrected chi connectivity index (χ4v) is 4.91. The van der Waals surface area contributed by atoms with Crippen LogP contribution in [0.1, 0.15) is 31.0 Å². The smallest absolute Gasteiger partial charge is 0.249 e. The van der Waals surface area contributed by atoms with Crippen LogP contribution < -0.4 is 4.74 Å². The molecule has 1 N–H and O–H groups in total. The normalized spacial score (nSPS) is 19.4. The number of benzene rings is 1. The van der Waals surface area contributed by atoms with Crippen molar-refractivity contribution in [3.8, 4) is 5.75 Å². The number of nitrogens with zero attached hydrogens (tertiary/aromatic N) is 2. The van der Waals surface area contributed by atoms with E-state index in [1.807, 2.05) is 6.07 Å². The molecule has 2 aliphatic rings. The van der Waals surface area contributed by atoms with E-state index >= 15 is 0 Å². The Kier molecular flexibility index (Phi) is 4.86. The highest BCUT2D eigenvalue weighted by molar-refractivity contribution is 5.88. The second kappa shape index (κ2) is 7.17. The minimum Gasteiger partial charge on any atom is -0.497 e. The first-order chi connectivity index (χ1) is 13.1. The largest absolute Gasteiger partial charge is 0.497 e. The Bertz CT molecular complexity index is 837. The van der Waals surface area contributed by atoms with Crippen molar-refractivity contribution >= 4 is 16.8 Å². The van der Waals surface area contributed by atoms with Crippen LogP contribution in [0.4, 0.5) is 0 Å². The first-order valence-corrected chi connectivity index (χ1v) is 9.83. The van der Waals surface area contributed by atoms with Crippen LogP contribution in [0.3, 0.4) is 0 Å². The Morgan fingerprint density at radius 3 is 2.67 bits per heavy atom. The van der Waals surface area contributed by atoms with E-state index in [2.05, 4.69) is 33.8 Å². The van der Waals surface area contributed by atoms with Crippen molar-refractivity contribution in [2.45, 2.75) is 31.7 Å². The predicted octanol–water partition coefficient (Wildman–Crippen LogP) is 2.52. The Morgan fingerprint density at radius 2 is 2.00 bits per heavy atom. The topological polar surface area (TPSA) is 57.8 Å². The van der Waals surface area contributed by atoms with Crippen molar-refractivity contribution in [3.05, 3.63) is 29.5 Å². The summed E-state index contributed by atoms with van der Waals surface area (Å²) in [6.45, 7) is 6.15. The Morgan fingerprint density at radius 1 is 1.22 bits per heavy atom. The van der Waals surface area contributed by atoms with Crippen LogP contribution in [0.5, 0.6) is 5.75 Å². The molecular weight excluding hydrogens is 342 g/mol. The number of fused-ring (bicyclic) bond motifs is 4. The van der Waals surface area contributed by atoms with Crippen molar-refractivity contribution in [1.29, 1.82) is 0 Å². The maximum atomic E-state index is 12.9. The van der Waals surface area contributed by atoms with E-state index in [-0.39, 0.29) is 18.1 Å². The molecule has 0 bridgehead atoms. The lowest BCUT2D eigenvalue weighted by molar-refractivity contribution is -0.146. The molecule has 0 radical (unpaired) electrons. The van der Waals surface area contributed by atoms with Crippen LogP contribution >= 0.6 is 0 Å². The lowest BCUT2D eigenvalue weighted by atomic mass is 9.77. The highest BCUT2D eigenvalue weighted by Gasteiger charge is 2.48. The van der Waals surface area contributed by atoms with Gasteiger partial charge in [0.25, 0.3) is 0 Å². The van der Waals surface area contributed by atoms with E-state index in [1.165, 1.54) is 16.6 Å². The monoisotopic (exact) mass is 371 g/mol. The van der Waals surface area contributed by atoms with E-state index < -0.39 is 0 Å². The third-order valence-electron chi connectivity index (χ3n) is 6.38. The standard InChI is InChI=1S/C21H29N3O3/c1-4-23-11-8-21(9-12-23)20-16(7-10-24(21)19(25)14-26-2)17-13-15(27-3)5-6-18(17)22-20/h5-6,13,22H,4,7-12,14H2,1-3H3. The van der Waals surface area contributed by atoms with E-state index in [4.69, 9.17) is 9.47 Å². The first kappa shape index (κ1) is 18.3. The number of H-pyrrole nitrogens is 1. The average Bonchev–Trinajstić information content (AvgIpc) is 3.08. The summed E-state index contributed by atoms with van der Waals surface area (Å²) in [6, 6.07) is 6.19. The van der Waals surface area contributed by atoms with Crippen LogP contribution in [-0.4, -0.2) is 67.7 Å². The number of rotatable bonds is 4. The second-order valence-electron chi connectivity index (χ2n) is 7.58. The number of methoxy groups -OCH3 is 2. The quantitative estimate of drug-likeness (QED) is 0.897. The molecule has 3 heterocycles. The number of piperidine rings is 1. The van der Waals surface area contributed by atoms with Gasteiger partial charge in [-0.2, -0.15) is 0 Å². The van der Waals surface area contributed by atoms with E-state index in [1.54, 1.807) is 14.2 Å². The summed E-state index contributed by atoms with van der Waals surface area (Å²) in [5, 5.41) is 1.22. The third kappa shape index (κ3) is 2.91. The molecule has 0 unspecified atom stereocenters. The molecule has 1 spiro atoms. The van der Waals surface area contributed by atoms with Crippen molar-refractivity contribution in [2.75, 3.05) is 47.0 Å². The molecule has 6 nitrogen and oxygen atoms in total. The minimum absolute atomic E-state index is 0.0873. The Hall–Kier alpha value is -2.05. The zero-order chi connectivity index (χ0) is 19.0. The van der Waals surface area contributed by atoms with Crippen molar-refractivity contribution in [1.82, 2.24) is 14.8 Å². The molecule has 0 saturated carbocycles. The minimum atomic E-state index is -0.263. The maximum absolute atomic E-state index is 12.9. The zero-order valence-electron chi connectivity index (χ0n) is 16.5. The Labute approximate surface area is 160 Å². The van der Waals surface area contributed by atoms with E-state index in [0.29, 0.717) is 0 Å². The molecule has 1 saturated heterocycles. The van der Waals surface area contributed by atoms with Crippen LogP contribution in [0.25, 0.3) is 10.9 Å². The summed E-state index contributed by atoms with van der Waals surface area (Å²) in [6.07, 6.45) is 2.76. The molecule has 146 valence electrons. The van der Waals surface area contributed by atoms with Gasteiger partial charge in [-0.25, -0.2) is 0 Å². The fourth-order valence-electron chi connectivity index (χ4n) is 4.91. The van der Waals surface area contributed by atoms with Crippen LogP contribution in [0, 0.1) is 0 Å². The van der Waals surface area contributed by atoms with Crippen molar-refractivity contribution in [2.24, 2.45) is 0 Å². The molecule has 0 aliphatic carbocycles. The van der Waals surface area contributed by atoms with Gasteiger partial charge in [0, 0.05) is 43.3 Å². The molecule has 27 heavy (non-hydrogen) atoms. The SMILES string of the molecule is CCN1CCC2(CC1)c1[nH]c3ccc(OC)cc3c1CCN2C(=O)COC. The molecule has 2 aliphatic heterocycles. The molecule has 2 aromatic rings. The summed E-state index contributed by atoms with van der Waals surface area (Å²) in [4.78, 5) is 21.1. The van der Waals surface area contributed by atoms with Crippen molar-refractivity contribution in [3.63, 3.8) is 0 Å². The van der Waals surface area contributed by atoms with Gasteiger partial charge in [0.15, 0.2) is 0 Å². The van der Waals surface area contributed by atoms with Gasteiger partial charge in [-0.05, 0) is 49.6 Å². The van der Waals surface area contributed by atoms with Crippen LogP contribution in [-0.2, 0) is 21.5 Å². The van der Waals surface area contributed by atoms with Gasteiger partial charge >= 0.3 is 0 Å². The molecule has 1 aromatic carbocycles. The van der Waals surface area contributed by atoms with E-state index in [0.717, 1.165) is 56.7 Å². The molecule has 1 fully saturated rings. The fraction of sp³-hybridized carbons (Fsp3) is 0.571. The number of amides is 1. The number of hydrogen-bond acceptors (Lipinski definition) is 4. The molecule has 0 atom stereocenters. The third-order valence-corrected chi connectivity index (χ3v) is 6.38. The lowest BCUT2D eigenvalue weighted by Crippen LogP contribution is -2.58. The number of carbonyl (C=O) groups is 1. The first-order valence-electron chi connectivity index (χ1n) is 9.83. The van der Waals surface area contributed by atoms with Crippen LogP contribution in [0.2, 0.25) is 0 Å². The Balaban J connectivity index is 1.82. The van der Waals surface area contributed by atoms with Gasteiger partial charge in [0.05, 0.1) is 12.6 Å². The van der Waals surface area contributed by atoms with Gasteiger partial charge < -0.3 is 24.3 Å². The van der Waals surface area contributed by atoms with Gasteiger partial charge in [0.1, 0.15) is 12.4 Å². The summed E-state index contributed by atoms with van der Waals surface area (Å²) < 4.78 is 10.6. The summed E-state index contributed by atoms with van der Waals surface area (Å²) >= 11 is 0. The number of ether oxygens (including phenoxy) is 2. The second-order valence-corrected chi connectivity index (χ2v) is 7.58. The summed E-state index contributed by atoms with van der Waals surface area (Å²) in [7, 11) is 3.29. The van der Waals surface area contributed by atoms with Gasteiger partial charge in [0.2, 0.25) is 5.91 Å². The zero-order valence-corrected chi connectivity index (χ0v) is 16.5. The summed E-state index contributed by atoms with van der Waals surface area (Å²) in [5.41, 5.74) is 3.42. The number of nitrogens with one attached hydrogen (secondary N) is 1. The number of aromatic nitrogens is 1. The van der Waals surface area contributed by atoms with Gasteiger partial charge in [-0.3, -0.25) is 4.79 Å². The molecule has 1 amide bonds. The predicted molar refractivity (Wildman–Crippen MR) is 105 cm³/mol. The molecule has 4 rings (SSSR count). The van der Waals surface area contributed by atoms with Crippen molar-refractivity contribution < 1.29 is 14.3 Å². The lowest BCUT2D eigenvalue weighted by Gasteiger charge is -2.51. The molecule has 6 heteroatoms. The maximum Gasteiger partial charge on any atom is 0.249 e. The highest BCUT2D eigenvalue weighted by Crippen LogP contribution is 2.45. The summed E-state index contributed by atoms with van der Waals surface area (Å²) in [5.74, 6) is 0.960. The van der Waals surface area contributed by atoms with Crippen LogP contribution in [0.15, 0.2) is 18.2 Å². The number of hydrogen-bond donors (Lipinski definition) is 1. The highest BCUT2D eigenvalue weighted by atomic mass is 16.5. The number of likely N-dealkylation sites (tertiary alicyclic amines) is 1. The number of aromatic amines is 1. The van der Waals surface area contributed by atoms with E-state index in [9.17, 15) is 4.79 Å². The average molecular weight is 371 g/mol. The molecule has 1 aromatic heterocycles. The molecular formula is C21H29N3O3.